The first-order valence-electron chi connectivity index (χ1n) is 2.53. The minimum Gasteiger partial charge on any atom is -0.236 e. The molecule has 0 aliphatic rings. The Labute approximate surface area is 71.0 Å². The largest absolute Gasteiger partial charge is 0.236 e. The quantitative estimate of drug-likeness (QED) is 0.436. The standard InChI is InChI=1S/C7H5F2.Zn/c1-5-2-6(8)4-7(9)3-5;/h2-3H,1H3;/q-1;. The van der Waals surface area contributed by atoms with Crippen molar-refractivity contribution in [3.63, 3.8) is 0 Å². The number of hydrogen-bond donors (Lipinski definition) is 0. The maximum atomic E-state index is 12.1. The predicted molar refractivity (Wildman–Crippen MR) is 29.9 cm³/mol. The molecule has 0 aliphatic carbocycles. The number of hydrogen-bond acceptors (Lipinski definition) is 0. The van der Waals surface area contributed by atoms with Crippen molar-refractivity contribution in [2.24, 2.45) is 0 Å². The van der Waals surface area contributed by atoms with Crippen LogP contribution in [0, 0.1) is 24.6 Å². The Kier molecular flexibility index (Phi) is 3.66. The van der Waals surface area contributed by atoms with Crippen molar-refractivity contribution in [1.82, 2.24) is 0 Å². The van der Waals surface area contributed by atoms with E-state index in [2.05, 4.69) is 0 Å². The third-order valence-corrected chi connectivity index (χ3v) is 0.948. The normalized spacial score (nSPS) is 8.70. The molecular formula is C7H5F2Zn-. The number of halogens is 2. The molecule has 0 atom stereocenters. The van der Waals surface area contributed by atoms with Gasteiger partial charge in [0.1, 0.15) is 0 Å². The number of benzene rings is 1. The zero-order valence-corrected chi connectivity index (χ0v) is 8.58. The summed E-state index contributed by atoms with van der Waals surface area (Å²) >= 11 is 0. The molecule has 1 rings (SSSR count). The van der Waals surface area contributed by atoms with E-state index < -0.39 is 11.6 Å². The summed E-state index contributed by atoms with van der Waals surface area (Å²) in [4.78, 5) is 0. The third-order valence-electron chi connectivity index (χ3n) is 0.948. The van der Waals surface area contributed by atoms with Crippen LogP contribution < -0.4 is 0 Å². The van der Waals surface area contributed by atoms with Gasteiger partial charge >= 0.3 is 0 Å². The fraction of sp³-hybridized carbons (Fsp3) is 0.143. The second-order valence-electron chi connectivity index (χ2n) is 1.85. The Morgan fingerprint density at radius 2 is 1.60 bits per heavy atom. The molecule has 0 radical (unpaired) electrons. The molecule has 0 saturated carbocycles. The van der Waals surface area contributed by atoms with E-state index in [1.807, 2.05) is 6.07 Å². The van der Waals surface area contributed by atoms with Gasteiger partial charge < -0.3 is 0 Å². The zero-order chi connectivity index (χ0) is 6.85. The van der Waals surface area contributed by atoms with E-state index >= 15 is 0 Å². The Morgan fingerprint density at radius 3 is 1.90 bits per heavy atom. The molecule has 0 fully saturated rings. The second-order valence-corrected chi connectivity index (χ2v) is 1.85. The summed E-state index contributed by atoms with van der Waals surface area (Å²) < 4.78 is 24.3. The van der Waals surface area contributed by atoms with Gasteiger partial charge in [-0.2, -0.15) is 5.56 Å². The maximum absolute atomic E-state index is 12.1. The van der Waals surface area contributed by atoms with E-state index in [0.717, 1.165) is 0 Å². The van der Waals surface area contributed by atoms with Crippen molar-refractivity contribution in [2.75, 3.05) is 0 Å². The van der Waals surface area contributed by atoms with Crippen LogP contribution in [0.15, 0.2) is 12.1 Å². The first-order valence-corrected chi connectivity index (χ1v) is 2.53. The molecule has 0 bridgehead atoms. The van der Waals surface area contributed by atoms with Crippen LogP contribution in [0.25, 0.3) is 0 Å². The van der Waals surface area contributed by atoms with Crippen LogP contribution in [0.3, 0.4) is 0 Å². The summed E-state index contributed by atoms with van der Waals surface area (Å²) in [5.41, 5.74) is 0.573. The molecule has 0 saturated heterocycles. The van der Waals surface area contributed by atoms with Crippen LogP contribution in [-0.4, -0.2) is 0 Å². The molecule has 1 aromatic rings. The van der Waals surface area contributed by atoms with Crippen molar-refractivity contribution in [2.45, 2.75) is 6.92 Å². The Bertz CT molecular complexity index is 172. The molecule has 0 heterocycles. The van der Waals surface area contributed by atoms with E-state index in [1.165, 1.54) is 12.1 Å². The third kappa shape index (κ3) is 2.53. The van der Waals surface area contributed by atoms with Gasteiger partial charge in [0.25, 0.3) is 0 Å². The van der Waals surface area contributed by atoms with Crippen LogP contribution in [0.2, 0.25) is 0 Å². The molecule has 0 unspecified atom stereocenters. The summed E-state index contributed by atoms with van der Waals surface area (Å²) in [6.07, 6.45) is 0. The first kappa shape index (κ1) is 9.70. The van der Waals surface area contributed by atoms with Gasteiger partial charge in [0.2, 0.25) is 0 Å². The van der Waals surface area contributed by atoms with Gasteiger partial charge in [-0.05, 0) is 0 Å². The minimum atomic E-state index is -0.646. The molecule has 1 aromatic carbocycles. The molecular weight excluding hydrogens is 187 g/mol. The van der Waals surface area contributed by atoms with E-state index in [9.17, 15) is 8.78 Å². The first-order chi connectivity index (χ1) is 4.18. The van der Waals surface area contributed by atoms with E-state index in [-0.39, 0.29) is 19.5 Å². The monoisotopic (exact) mass is 191 g/mol. The second kappa shape index (κ2) is 3.77. The molecule has 0 aliphatic heterocycles. The molecule has 0 N–H and O–H groups in total. The Balaban J connectivity index is 0.000000810. The van der Waals surface area contributed by atoms with Crippen molar-refractivity contribution < 1.29 is 28.3 Å². The fourth-order valence-electron chi connectivity index (χ4n) is 0.628. The summed E-state index contributed by atoms with van der Waals surface area (Å²) in [7, 11) is 0. The van der Waals surface area contributed by atoms with Gasteiger partial charge in [-0.1, -0.05) is 6.92 Å². The predicted octanol–water partition coefficient (Wildman–Crippen LogP) is 2.07. The minimum absolute atomic E-state index is 0. The van der Waals surface area contributed by atoms with Crippen molar-refractivity contribution in [1.29, 1.82) is 0 Å². The van der Waals surface area contributed by atoms with Gasteiger partial charge in [0.05, 0.1) is 0 Å². The topological polar surface area (TPSA) is 0 Å². The molecule has 50 valence electrons. The molecule has 0 aromatic heterocycles. The fourth-order valence-corrected chi connectivity index (χ4v) is 0.628. The number of rotatable bonds is 0. The Hall–Kier alpha value is -0.297. The smallest absolute Gasteiger partial charge is 0.0139 e. The van der Waals surface area contributed by atoms with Crippen LogP contribution in [0.5, 0.6) is 0 Å². The van der Waals surface area contributed by atoms with Gasteiger partial charge in [0.15, 0.2) is 0 Å². The van der Waals surface area contributed by atoms with Gasteiger partial charge in [-0.3, -0.25) is 0 Å². The van der Waals surface area contributed by atoms with Crippen molar-refractivity contribution >= 4 is 0 Å². The average molecular weight is 193 g/mol. The van der Waals surface area contributed by atoms with E-state index in [1.54, 1.807) is 6.92 Å². The van der Waals surface area contributed by atoms with E-state index in [0.29, 0.717) is 5.56 Å². The summed E-state index contributed by atoms with van der Waals surface area (Å²) in [6.45, 7) is 1.62. The van der Waals surface area contributed by atoms with E-state index in [4.69, 9.17) is 0 Å². The summed E-state index contributed by atoms with van der Waals surface area (Å²) in [6, 6.07) is 4.33. The van der Waals surface area contributed by atoms with Crippen LogP contribution in [-0.2, 0) is 19.5 Å². The Morgan fingerprint density at radius 1 is 1.20 bits per heavy atom. The average Bonchev–Trinajstić information content (AvgIpc) is 1.59. The van der Waals surface area contributed by atoms with Gasteiger partial charge in [-0.15, -0.1) is 18.2 Å². The summed E-state index contributed by atoms with van der Waals surface area (Å²) in [5, 5.41) is 0. The molecule has 3 heteroatoms. The van der Waals surface area contributed by atoms with Crippen LogP contribution in [0.1, 0.15) is 5.56 Å². The zero-order valence-electron chi connectivity index (χ0n) is 5.62. The maximum Gasteiger partial charge on any atom is 0.0139 e. The molecule has 0 amide bonds. The number of aryl methyl sites for hydroxylation is 1. The molecule has 0 nitrogen and oxygen atoms in total. The van der Waals surface area contributed by atoms with Crippen molar-refractivity contribution in [3.05, 3.63) is 35.4 Å². The molecule has 10 heavy (non-hydrogen) atoms. The summed E-state index contributed by atoms with van der Waals surface area (Å²) in [5.74, 6) is -1.29. The van der Waals surface area contributed by atoms with Gasteiger partial charge in [0, 0.05) is 31.1 Å². The van der Waals surface area contributed by atoms with Crippen LogP contribution >= 0.6 is 0 Å². The SMILES string of the molecule is Cc1cc(F)[c-]c(F)c1.[Zn]. The molecule has 0 spiro atoms. The van der Waals surface area contributed by atoms with Crippen LogP contribution in [0.4, 0.5) is 8.78 Å². The van der Waals surface area contributed by atoms with Crippen molar-refractivity contribution in [3.8, 4) is 0 Å². The van der Waals surface area contributed by atoms with Gasteiger partial charge in [-0.25, -0.2) is 8.78 Å².